The van der Waals surface area contributed by atoms with Crippen LogP contribution in [0.1, 0.15) is 23.7 Å². The number of benzene rings is 2. The molecule has 0 bridgehead atoms. The van der Waals surface area contributed by atoms with E-state index in [-0.39, 0.29) is 17.1 Å². The Bertz CT molecular complexity index is 901. The van der Waals surface area contributed by atoms with Crippen molar-refractivity contribution in [3.63, 3.8) is 0 Å². The molecule has 1 amide bonds. The predicted octanol–water partition coefficient (Wildman–Crippen LogP) is 3.04. The van der Waals surface area contributed by atoms with Crippen LogP contribution in [0.2, 0.25) is 0 Å². The van der Waals surface area contributed by atoms with Crippen LogP contribution in [-0.4, -0.2) is 20.9 Å². The summed E-state index contributed by atoms with van der Waals surface area (Å²) in [4.78, 5) is 11.9. The molecule has 0 saturated carbocycles. The van der Waals surface area contributed by atoms with Gasteiger partial charge in [0, 0.05) is 18.3 Å². The first-order valence-electron chi connectivity index (χ1n) is 7.30. The van der Waals surface area contributed by atoms with Crippen LogP contribution >= 0.6 is 0 Å². The second kappa shape index (κ2) is 7.66. The number of hydrogen-bond acceptors (Lipinski definition) is 3. The molecule has 0 unspecified atom stereocenters. The molecule has 9 heteroatoms. The van der Waals surface area contributed by atoms with Crippen LogP contribution in [0, 0.1) is 17.5 Å². The molecule has 0 heterocycles. The summed E-state index contributed by atoms with van der Waals surface area (Å²) in [5, 5.41) is 2.19. The molecule has 2 aromatic rings. The zero-order chi connectivity index (χ0) is 18.6. The van der Waals surface area contributed by atoms with Gasteiger partial charge in [0.2, 0.25) is 10.0 Å². The van der Waals surface area contributed by atoms with Gasteiger partial charge in [-0.1, -0.05) is 6.92 Å². The summed E-state index contributed by atoms with van der Waals surface area (Å²) >= 11 is 0. The fraction of sp³-hybridized carbons (Fsp3) is 0.188. The number of halogens is 3. The van der Waals surface area contributed by atoms with Crippen molar-refractivity contribution in [2.45, 2.75) is 18.2 Å². The fourth-order valence-corrected chi connectivity index (χ4v) is 3.10. The standard InChI is InChI=1S/C16H15F3N2O3S/c1-2-7-20-25(23,24)11-4-6-13(17)12(9-11)16(22)21-10-3-5-14(18)15(19)8-10/h3-6,8-9,20H,2,7H2,1H3,(H,21,22). The van der Waals surface area contributed by atoms with E-state index in [4.69, 9.17) is 0 Å². The molecule has 0 aliphatic carbocycles. The minimum Gasteiger partial charge on any atom is -0.322 e. The molecule has 0 saturated heterocycles. The van der Waals surface area contributed by atoms with Crippen molar-refractivity contribution >= 4 is 21.6 Å². The number of carbonyl (C=O) groups is 1. The molecule has 0 aliphatic heterocycles. The smallest absolute Gasteiger partial charge is 0.258 e. The number of carbonyl (C=O) groups excluding carboxylic acids is 1. The maximum absolute atomic E-state index is 13.9. The van der Waals surface area contributed by atoms with Gasteiger partial charge in [-0.2, -0.15) is 0 Å². The average Bonchev–Trinajstić information content (AvgIpc) is 2.56. The molecule has 5 nitrogen and oxygen atoms in total. The molecule has 0 fully saturated rings. The number of hydrogen-bond donors (Lipinski definition) is 2. The van der Waals surface area contributed by atoms with Crippen molar-refractivity contribution < 1.29 is 26.4 Å². The summed E-state index contributed by atoms with van der Waals surface area (Å²) in [6.07, 6.45) is 0.559. The number of rotatable bonds is 6. The summed E-state index contributed by atoms with van der Waals surface area (Å²) in [6.45, 7) is 1.96. The average molecular weight is 372 g/mol. The third-order valence-corrected chi connectivity index (χ3v) is 4.67. The first kappa shape index (κ1) is 18.9. The van der Waals surface area contributed by atoms with E-state index in [1.165, 1.54) is 0 Å². The Hall–Kier alpha value is -2.39. The van der Waals surface area contributed by atoms with Gasteiger partial charge in [0.05, 0.1) is 10.5 Å². The number of nitrogens with one attached hydrogen (secondary N) is 2. The van der Waals surface area contributed by atoms with Crippen molar-refractivity contribution in [2.75, 3.05) is 11.9 Å². The maximum atomic E-state index is 13.9. The SMILES string of the molecule is CCCNS(=O)(=O)c1ccc(F)c(C(=O)Nc2ccc(F)c(F)c2)c1. The van der Waals surface area contributed by atoms with Crippen LogP contribution in [0.15, 0.2) is 41.3 Å². The molecule has 0 aliphatic rings. The monoisotopic (exact) mass is 372 g/mol. The van der Waals surface area contributed by atoms with Gasteiger partial charge in [-0.3, -0.25) is 4.79 Å². The van der Waals surface area contributed by atoms with E-state index in [0.717, 1.165) is 36.4 Å². The molecular formula is C16H15F3N2O3S. The highest BCUT2D eigenvalue weighted by molar-refractivity contribution is 7.89. The van der Waals surface area contributed by atoms with Gasteiger partial charge in [-0.15, -0.1) is 0 Å². The zero-order valence-corrected chi connectivity index (χ0v) is 14.0. The largest absolute Gasteiger partial charge is 0.322 e. The topological polar surface area (TPSA) is 75.3 Å². The van der Waals surface area contributed by atoms with Gasteiger partial charge < -0.3 is 5.32 Å². The molecule has 0 spiro atoms. The van der Waals surface area contributed by atoms with Gasteiger partial charge >= 0.3 is 0 Å². The van der Waals surface area contributed by atoms with Crippen LogP contribution in [-0.2, 0) is 10.0 Å². The Morgan fingerprint density at radius 3 is 2.32 bits per heavy atom. The maximum Gasteiger partial charge on any atom is 0.258 e. The Balaban J connectivity index is 2.30. The lowest BCUT2D eigenvalue weighted by Crippen LogP contribution is -2.25. The fourth-order valence-electron chi connectivity index (χ4n) is 1.94. The first-order valence-corrected chi connectivity index (χ1v) is 8.78. The van der Waals surface area contributed by atoms with Crippen LogP contribution in [0.25, 0.3) is 0 Å². The van der Waals surface area contributed by atoms with Gasteiger partial charge in [-0.05, 0) is 36.8 Å². The number of anilines is 1. The van der Waals surface area contributed by atoms with Crippen LogP contribution in [0.3, 0.4) is 0 Å². The van der Waals surface area contributed by atoms with E-state index in [1.54, 1.807) is 6.92 Å². The van der Waals surface area contributed by atoms with Gasteiger partial charge in [0.15, 0.2) is 11.6 Å². The summed E-state index contributed by atoms with van der Waals surface area (Å²) in [7, 11) is -3.89. The highest BCUT2D eigenvalue weighted by atomic mass is 32.2. The van der Waals surface area contributed by atoms with Crippen molar-refractivity contribution in [2.24, 2.45) is 0 Å². The van der Waals surface area contributed by atoms with Crippen molar-refractivity contribution in [1.29, 1.82) is 0 Å². The minimum absolute atomic E-state index is 0.0966. The van der Waals surface area contributed by atoms with E-state index < -0.39 is 38.9 Å². The third-order valence-electron chi connectivity index (χ3n) is 3.21. The lowest BCUT2D eigenvalue weighted by atomic mass is 10.2. The van der Waals surface area contributed by atoms with E-state index in [2.05, 4.69) is 10.0 Å². The molecular weight excluding hydrogens is 357 g/mol. The first-order chi connectivity index (χ1) is 11.7. The van der Waals surface area contributed by atoms with Crippen molar-refractivity contribution in [1.82, 2.24) is 4.72 Å². The number of amides is 1. The Labute approximate surface area is 142 Å². The number of sulfonamides is 1. The zero-order valence-electron chi connectivity index (χ0n) is 13.1. The molecule has 2 aromatic carbocycles. The quantitative estimate of drug-likeness (QED) is 0.818. The molecule has 25 heavy (non-hydrogen) atoms. The summed E-state index contributed by atoms with van der Waals surface area (Å²) in [6, 6.07) is 5.38. The molecule has 2 N–H and O–H groups in total. The van der Waals surface area contributed by atoms with Crippen LogP contribution in [0.4, 0.5) is 18.9 Å². The van der Waals surface area contributed by atoms with Gasteiger partial charge in [0.1, 0.15) is 5.82 Å². The second-order valence-electron chi connectivity index (χ2n) is 5.12. The summed E-state index contributed by atoms with van der Waals surface area (Å²) < 4.78 is 66.4. The van der Waals surface area contributed by atoms with Crippen LogP contribution < -0.4 is 10.0 Å². The second-order valence-corrected chi connectivity index (χ2v) is 6.89. The molecule has 0 atom stereocenters. The lowest BCUT2D eigenvalue weighted by molar-refractivity contribution is 0.102. The van der Waals surface area contributed by atoms with Crippen LogP contribution in [0.5, 0.6) is 0 Å². The van der Waals surface area contributed by atoms with E-state index in [1.807, 2.05) is 0 Å². The summed E-state index contributed by atoms with van der Waals surface area (Å²) in [5.41, 5.74) is -0.634. The Morgan fingerprint density at radius 1 is 1.00 bits per heavy atom. The highest BCUT2D eigenvalue weighted by Crippen LogP contribution is 2.18. The van der Waals surface area contributed by atoms with E-state index in [0.29, 0.717) is 6.42 Å². The van der Waals surface area contributed by atoms with E-state index in [9.17, 15) is 26.4 Å². The summed E-state index contributed by atoms with van der Waals surface area (Å²) in [5.74, 6) is -4.22. The Kier molecular flexibility index (Phi) is 5.81. The minimum atomic E-state index is -3.89. The Morgan fingerprint density at radius 2 is 1.68 bits per heavy atom. The normalized spacial score (nSPS) is 11.4. The van der Waals surface area contributed by atoms with Gasteiger partial charge in [-0.25, -0.2) is 26.3 Å². The predicted molar refractivity (Wildman–Crippen MR) is 86.2 cm³/mol. The van der Waals surface area contributed by atoms with E-state index >= 15 is 0 Å². The molecule has 0 radical (unpaired) electrons. The lowest BCUT2D eigenvalue weighted by Gasteiger charge is -2.10. The molecule has 0 aromatic heterocycles. The highest BCUT2D eigenvalue weighted by Gasteiger charge is 2.19. The van der Waals surface area contributed by atoms with Gasteiger partial charge in [0.25, 0.3) is 5.91 Å². The van der Waals surface area contributed by atoms with Crippen molar-refractivity contribution in [3.05, 3.63) is 59.4 Å². The molecule has 2 rings (SSSR count). The van der Waals surface area contributed by atoms with Crippen molar-refractivity contribution in [3.8, 4) is 0 Å². The third kappa shape index (κ3) is 4.58. The molecule has 134 valence electrons.